The number of rotatable bonds is 2. The first kappa shape index (κ1) is 13.7. The highest BCUT2D eigenvalue weighted by Crippen LogP contribution is 2.30. The van der Waals surface area contributed by atoms with Gasteiger partial charge in [-0.05, 0) is 46.0 Å². The number of piperidine rings is 1. The Labute approximate surface area is 110 Å². The number of amides is 1. The van der Waals surface area contributed by atoms with Crippen LogP contribution < -0.4 is 5.32 Å². The lowest BCUT2D eigenvalue weighted by molar-refractivity contribution is 0.0186. The van der Waals surface area contributed by atoms with Gasteiger partial charge in [-0.3, -0.25) is 0 Å². The van der Waals surface area contributed by atoms with Crippen LogP contribution in [-0.2, 0) is 4.74 Å². The standard InChI is InChI=1S/C14H26N2O2/c1-10-8-12(10)15-11-6-5-7-16(9-11)13(17)18-14(2,3)4/h10-12,15H,5-9H2,1-4H3. The van der Waals surface area contributed by atoms with Crippen molar-refractivity contribution < 1.29 is 9.53 Å². The van der Waals surface area contributed by atoms with E-state index in [1.165, 1.54) is 12.8 Å². The fraction of sp³-hybridized carbons (Fsp3) is 0.929. The van der Waals surface area contributed by atoms with Crippen LogP contribution in [0.15, 0.2) is 0 Å². The van der Waals surface area contributed by atoms with Crippen LogP contribution in [0.5, 0.6) is 0 Å². The molecule has 0 radical (unpaired) electrons. The summed E-state index contributed by atoms with van der Waals surface area (Å²) in [5, 5.41) is 3.64. The quantitative estimate of drug-likeness (QED) is 0.822. The minimum absolute atomic E-state index is 0.169. The Hall–Kier alpha value is -0.770. The summed E-state index contributed by atoms with van der Waals surface area (Å²) in [7, 11) is 0. The highest BCUT2D eigenvalue weighted by atomic mass is 16.6. The zero-order valence-corrected chi connectivity index (χ0v) is 12.0. The Balaban J connectivity index is 1.80. The molecule has 0 aromatic carbocycles. The molecule has 0 spiro atoms. The Morgan fingerprint density at radius 3 is 2.61 bits per heavy atom. The molecule has 3 unspecified atom stereocenters. The van der Waals surface area contributed by atoms with Gasteiger partial charge in [0.2, 0.25) is 0 Å². The Bertz CT molecular complexity index is 311. The van der Waals surface area contributed by atoms with E-state index in [0.29, 0.717) is 12.1 Å². The molecule has 1 aliphatic heterocycles. The second-order valence-electron chi connectivity index (χ2n) is 6.75. The molecule has 4 heteroatoms. The molecular weight excluding hydrogens is 228 g/mol. The third kappa shape index (κ3) is 3.87. The lowest BCUT2D eigenvalue weighted by atomic mass is 10.1. The number of likely N-dealkylation sites (tertiary alicyclic amines) is 1. The van der Waals surface area contributed by atoms with Crippen molar-refractivity contribution in [3.63, 3.8) is 0 Å². The van der Waals surface area contributed by atoms with Crippen LogP contribution in [-0.4, -0.2) is 41.8 Å². The zero-order chi connectivity index (χ0) is 13.3. The maximum atomic E-state index is 12.0. The van der Waals surface area contributed by atoms with Crippen molar-refractivity contribution in [2.24, 2.45) is 5.92 Å². The van der Waals surface area contributed by atoms with E-state index in [2.05, 4.69) is 12.2 Å². The summed E-state index contributed by atoms with van der Waals surface area (Å²) in [4.78, 5) is 13.8. The zero-order valence-electron chi connectivity index (χ0n) is 12.0. The summed E-state index contributed by atoms with van der Waals surface area (Å²) in [5.74, 6) is 0.807. The SMILES string of the molecule is CC1CC1NC1CCCN(C(=O)OC(C)(C)C)C1. The van der Waals surface area contributed by atoms with Crippen molar-refractivity contribution in [1.29, 1.82) is 0 Å². The van der Waals surface area contributed by atoms with Gasteiger partial charge in [-0.15, -0.1) is 0 Å². The predicted octanol–water partition coefficient (Wildman–Crippen LogP) is 2.38. The van der Waals surface area contributed by atoms with Crippen LogP contribution in [0.4, 0.5) is 4.79 Å². The number of carbonyl (C=O) groups excluding carboxylic acids is 1. The van der Waals surface area contributed by atoms with Crippen molar-refractivity contribution >= 4 is 6.09 Å². The molecule has 4 nitrogen and oxygen atoms in total. The van der Waals surface area contributed by atoms with E-state index < -0.39 is 5.60 Å². The lowest BCUT2D eigenvalue weighted by Crippen LogP contribution is -2.50. The van der Waals surface area contributed by atoms with Gasteiger partial charge < -0.3 is 15.0 Å². The van der Waals surface area contributed by atoms with Crippen molar-refractivity contribution in [3.8, 4) is 0 Å². The maximum Gasteiger partial charge on any atom is 0.410 e. The topological polar surface area (TPSA) is 41.6 Å². The van der Waals surface area contributed by atoms with Gasteiger partial charge in [0.05, 0.1) is 0 Å². The molecule has 1 aliphatic carbocycles. The summed E-state index contributed by atoms with van der Waals surface area (Å²) >= 11 is 0. The van der Waals surface area contributed by atoms with Gasteiger partial charge in [-0.1, -0.05) is 6.92 Å². The first-order chi connectivity index (χ1) is 8.35. The highest BCUT2D eigenvalue weighted by molar-refractivity contribution is 5.68. The van der Waals surface area contributed by atoms with E-state index in [1.54, 1.807) is 0 Å². The smallest absolute Gasteiger partial charge is 0.410 e. The van der Waals surface area contributed by atoms with Gasteiger partial charge in [0, 0.05) is 25.2 Å². The van der Waals surface area contributed by atoms with Crippen LogP contribution >= 0.6 is 0 Å². The Kier molecular flexibility index (Phi) is 3.85. The average molecular weight is 254 g/mol. The van der Waals surface area contributed by atoms with Gasteiger partial charge in [-0.2, -0.15) is 0 Å². The first-order valence-electron chi connectivity index (χ1n) is 7.09. The number of hydrogen-bond acceptors (Lipinski definition) is 3. The van der Waals surface area contributed by atoms with Crippen molar-refractivity contribution in [3.05, 3.63) is 0 Å². The monoisotopic (exact) mass is 254 g/mol. The molecular formula is C14H26N2O2. The maximum absolute atomic E-state index is 12.0. The molecule has 104 valence electrons. The number of nitrogens with zero attached hydrogens (tertiary/aromatic N) is 1. The highest BCUT2D eigenvalue weighted by Gasteiger charge is 2.36. The number of ether oxygens (including phenoxy) is 1. The van der Waals surface area contributed by atoms with Crippen LogP contribution in [0.3, 0.4) is 0 Å². The summed E-state index contributed by atoms with van der Waals surface area (Å²) < 4.78 is 5.43. The normalized spacial score (nSPS) is 32.2. The minimum atomic E-state index is -0.400. The largest absolute Gasteiger partial charge is 0.444 e. The molecule has 1 saturated carbocycles. The first-order valence-corrected chi connectivity index (χ1v) is 7.09. The fourth-order valence-corrected chi connectivity index (χ4v) is 2.46. The Morgan fingerprint density at radius 2 is 2.06 bits per heavy atom. The number of nitrogens with one attached hydrogen (secondary N) is 1. The molecule has 1 amide bonds. The van der Waals surface area contributed by atoms with E-state index in [-0.39, 0.29) is 6.09 Å². The van der Waals surface area contributed by atoms with Crippen molar-refractivity contribution in [2.75, 3.05) is 13.1 Å². The average Bonchev–Trinajstić information content (AvgIpc) is 2.92. The Morgan fingerprint density at radius 1 is 1.39 bits per heavy atom. The van der Waals surface area contributed by atoms with Crippen molar-refractivity contribution in [1.82, 2.24) is 10.2 Å². The molecule has 18 heavy (non-hydrogen) atoms. The molecule has 1 saturated heterocycles. The summed E-state index contributed by atoms with van der Waals surface area (Å²) in [6, 6.07) is 1.12. The summed E-state index contributed by atoms with van der Waals surface area (Å²) in [6.45, 7) is 9.63. The molecule has 2 fully saturated rings. The van der Waals surface area contributed by atoms with Gasteiger partial charge in [0.25, 0.3) is 0 Å². The molecule has 0 aromatic rings. The third-order valence-electron chi connectivity index (χ3n) is 3.63. The number of carbonyl (C=O) groups is 1. The van der Waals surface area contributed by atoms with Crippen molar-refractivity contribution in [2.45, 2.75) is 64.6 Å². The molecule has 1 N–H and O–H groups in total. The second-order valence-corrected chi connectivity index (χ2v) is 6.75. The van der Waals surface area contributed by atoms with E-state index in [4.69, 9.17) is 4.74 Å². The summed E-state index contributed by atoms with van der Waals surface area (Å²) in [5.41, 5.74) is -0.400. The molecule has 2 aliphatic rings. The van der Waals surface area contributed by atoms with Crippen LogP contribution in [0.1, 0.15) is 47.0 Å². The van der Waals surface area contributed by atoms with E-state index in [9.17, 15) is 4.79 Å². The molecule has 1 heterocycles. The molecule has 3 atom stereocenters. The van der Waals surface area contributed by atoms with Crippen LogP contribution in [0.25, 0.3) is 0 Å². The molecule has 0 bridgehead atoms. The van der Waals surface area contributed by atoms with Gasteiger partial charge >= 0.3 is 6.09 Å². The van der Waals surface area contributed by atoms with Gasteiger partial charge in [0.1, 0.15) is 5.60 Å². The summed E-state index contributed by atoms with van der Waals surface area (Å²) in [6.07, 6.45) is 3.35. The second kappa shape index (κ2) is 5.08. The van der Waals surface area contributed by atoms with Gasteiger partial charge in [0.15, 0.2) is 0 Å². The third-order valence-corrected chi connectivity index (χ3v) is 3.63. The van der Waals surface area contributed by atoms with Crippen LogP contribution in [0, 0.1) is 5.92 Å². The number of hydrogen-bond donors (Lipinski definition) is 1. The molecule has 2 rings (SSSR count). The van der Waals surface area contributed by atoms with E-state index in [0.717, 1.165) is 25.4 Å². The van der Waals surface area contributed by atoms with Gasteiger partial charge in [-0.25, -0.2) is 4.79 Å². The predicted molar refractivity (Wildman–Crippen MR) is 71.5 cm³/mol. The van der Waals surface area contributed by atoms with E-state index >= 15 is 0 Å². The van der Waals surface area contributed by atoms with E-state index in [1.807, 2.05) is 25.7 Å². The fourth-order valence-electron chi connectivity index (χ4n) is 2.46. The lowest BCUT2D eigenvalue weighted by Gasteiger charge is -2.34. The van der Waals surface area contributed by atoms with Crippen LogP contribution in [0.2, 0.25) is 0 Å². The molecule has 0 aromatic heterocycles. The minimum Gasteiger partial charge on any atom is -0.444 e.